The van der Waals surface area contributed by atoms with E-state index in [-0.39, 0.29) is 29.0 Å². The van der Waals surface area contributed by atoms with Crippen LogP contribution in [0.5, 0.6) is 0 Å². The third kappa shape index (κ3) is 4.42. The fourth-order valence-electron chi connectivity index (χ4n) is 1.92. The van der Waals surface area contributed by atoms with Crippen LogP contribution >= 0.6 is 0 Å². The SMILES string of the molecule is Cc1cc(C(=O)NCC(C)(C)CCO)c(N)c([N+](=O)[O-])c1. The van der Waals surface area contributed by atoms with Crippen molar-refractivity contribution in [2.45, 2.75) is 27.2 Å². The molecule has 0 spiro atoms. The van der Waals surface area contributed by atoms with E-state index in [1.807, 2.05) is 13.8 Å². The number of hydrogen-bond donors (Lipinski definition) is 3. The van der Waals surface area contributed by atoms with Crippen LogP contribution in [-0.2, 0) is 0 Å². The Hall–Kier alpha value is -2.15. The van der Waals surface area contributed by atoms with E-state index in [1.165, 1.54) is 12.1 Å². The molecule has 0 atom stereocenters. The highest BCUT2D eigenvalue weighted by molar-refractivity contribution is 6.01. The Labute approximate surface area is 123 Å². The van der Waals surface area contributed by atoms with Crippen LogP contribution in [0.4, 0.5) is 11.4 Å². The maximum Gasteiger partial charge on any atom is 0.293 e. The van der Waals surface area contributed by atoms with Gasteiger partial charge in [-0.05, 0) is 30.4 Å². The summed E-state index contributed by atoms with van der Waals surface area (Å²) in [5, 5.41) is 22.6. The minimum atomic E-state index is -0.602. The molecule has 0 radical (unpaired) electrons. The molecule has 7 heteroatoms. The molecule has 0 bridgehead atoms. The Balaban J connectivity index is 2.96. The molecule has 1 rings (SSSR count). The van der Waals surface area contributed by atoms with Gasteiger partial charge in [-0.15, -0.1) is 0 Å². The van der Waals surface area contributed by atoms with Gasteiger partial charge in [0, 0.05) is 19.2 Å². The first-order valence-electron chi connectivity index (χ1n) is 6.61. The van der Waals surface area contributed by atoms with Crippen molar-refractivity contribution in [2.75, 3.05) is 18.9 Å². The summed E-state index contributed by atoms with van der Waals surface area (Å²) in [7, 11) is 0. The number of rotatable bonds is 6. The van der Waals surface area contributed by atoms with Crippen molar-refractivity contribution in [2.24, 2.45) is 5.41 Å². The van der Waals surface area contributed by atoms with E-state index in [0.29, 0.717) is 18.5 Å². The van der Waals surface area contributed by atoms with Crippen molar-refractivity contribution >= 4 is 17.3 Å². The van der Waals surface area contributed by atoms with Crippen LogP contribution in [0.1, 0.15) is 36.2 Å². The van der Waals surface area contributed by atoms with Gasteiger partial charge in [-0.3, -0.25) is 14.9 Å². The number of nitrogens with zero attached hydrogens (tertiary/aromatic N) is 1. The summed E-state index contributed by atoms with van der Waals surface area (Å²) in [5.74, 6) is -0.453. The highest BCUT2D eigenvalue weighted by Crippen LogP contribution is 2.27. The largest absolute Gasteiger partial charge is 0.396 e. The Bertz CT molecular complexity index is 555. The molecule has 1 aromatic rings. The van der Waals surface area contributed by atoms with Gasteiger partial charge in [0.05, 0.1) is 10.5 Å². The fraction of sp³-hybridized carbons (Fsp3) is 0.500. The number of amides is 1. The van der Waals surface area contributed by atoms with E-state index in [2.05, 4.69) is 5.32 Å². The number of nitrogen functional groups attached to an aromatic ring is 1. The molecule has 21 heavy (non-hydrogen) atoms. The lowest BCUT2D eigenvalue weighted by atomic mass is 9.89. The maximum atomic E-state index is 12.2. The number of hydrogen-bond acceptors (Lipinski definition) is 5. The predicted octanol–water partition coefficient (Wildman–Crippen LogP) is 1.62. The molecule has 0 aliphatic rings. The smallest absolute Gasteiger partial charge is 0.293 e. The van der Waals surface area contributed by atoms with E-state index in [1.54, 1.807) is 6.92 Å². The lowest BCUT2D eigenvalue weighted by Crippen LogP contribution is -2.35. The van der Waals surface area contributed by atoms with Gasteiger partial charge in [0.15, 0.2) is 0 Å². The third-order valence-electron chi connectivity index (χ3n) is 3.26. The van der Waals surface area contributed by atoms with Gasteiger partial charge >= 0.3 is 0 Å². The zero-order valence-electron chi connectivity index (χ0n) is 12.5. The van der Waals surface area contributed by atoms with Crippen molar-refractivity contribution in [1.29, 1.82) is 0 Å². The summed E-state index contributed by atoms with van der Waals surface area (Å²) >= 11 is 0. The second-order valence-corrected chi connectivity index (χ2v) is 5.82. The average molecular weight is 295 g/mol. The molecular weight excluding hydrogens is 274 g/mol. The molecule has 0 fully saturated rings. The second-order valence-electron chi connectivity index (χ2n) is 5.82. The van der Waals surface area contributed by atoms with Gasteiger partial charge in [0.2, 0.25) is 0 Å². The number of benzene rings is 1. The van der Waals surface area contributed by atoms with Gasteiger partial charge in [0.1, 0.15) is 5.69 Å². The molecule has 0 aliphatic carbocycles. The highest BCUT2D eigenvalue weighted by atomic mass is 16.6. The van der Waals surface area contributed by atoms with Crippen molar-refractivity contribution in [3.63, 3.8) is 0 Å². The first kappa shape index (κ1) is 16.9. The zero-order chi connectivity index (χ0) is 16.2. The van der Waals surface area contributed by atoms with Crippen molar-refractivity contribution < 1.29 is 14.8 Å². The topological polar surface area (TPSA) is 118 Å². The number of carbonyl (C=O) groups excluding carboxylic acids is 1. The van der Waals surface area contributed by atoms with Gasteiger partial charge in [-0.1, -0.05) is 13.8 Å². The highest BCUT2D eigenvalue weighted by Gasteiger charge is 2.23. The summed E-state index contributed by atoms with van der Waals surface area (Å²) in [6.45, 7) is 5.85. The number of anilines is 1. The van der Waals surface area contributed by atoms with E-state index in [4.69, 9.17) is 10.8 Å². The molecule has 0 aromatic heterocycles. The van der Waals surface area contributed by atoms with Crippen LogP contribution in [0.25, 0.3) is 0 Å². The lowest BCUT2D eigenvalue weighted by molar-refractivity contribution is -0.384. The number of aliphatic hydroxyl groups excluding tert-OH is 1. The molecule has 0 saturated carbocycles. The Kier molecular flexibility index (Phi) is 5.26. The number of aliphatic hydroxyl groups is 1. The van der Waals surface area contributed by atoms with E-state index in [0.717, 1.165) is 0 Å². The molecule has 4 N–H and O–H groups in total. The quantitative estimate of drug-likeness (QED) is 0.418. The van der Waals surface area contributed by atoms with Gasteiger partial charge in [-0.2, -0.15) is 0 Å². The number of nitrogens with one attached hydrogen (secondary N) is 1. The molecule has 0 saturated heterocycles. The van der Waals surface area contributed by atoms with Gasteiger partial charge < -0.3 is 16.2 Å². The monoisotopic (exact) mass is 295 g/mol. The number of carbonyl (C=O) groups is 1. The first-order chi connectivity index (χ1) is 9.68. The van der Waals surface area contributed by atoms with Crippen LogP contribution in [0.15, 0.2) is 12.1 Å². The van der Waals surface area contributed by atoms with Gasteiger partial charge in [-0.25, -0.2) is 0 Å². The minimum Gasteiger partial charge on any atom is -0.396 e. The molecule has 0 unspecified atom stereocenters. The number of nitrogens with two attached hydrogens (primary N) is 1. The standard InChI is InChI=1S/C14H21N3O4/c1-9-6-10(12(15)11(7-9)17(20)21)13(19)16-8-14(2,3)4-5-18/h6-7,18H,4-5,8,15H2,1-3H3,(H,16,19). The van der Waals surface area contributed by atoms with Crippen LogP contribution in [0.2, 0.25) is 0 Å². The third-order valence-corrected chi connectivity index (χ3v) is 3.26. The van der Waals surface area contributed by atoms with Crippen LogP contribution < -0.4 is 11.1 Å². The van der Waals surface area contributed by atoms with Crippen LogP contribution in [0.3, 0.4) is 0 Å². The van der Waals surface area contributed by atoms with Gasteiger partial charge in [0.25, 0.3) is 11.6 Å². The Morgan fingerprint density at radius 2 is 2.10 bits per heavy atom. The first-order valence-corrected chi connectivity index (χ1v) is 6.61. The summed E-state index contributed by atoms with van der Waals surface area (Å²) in [5.41, 5.74) is 5.73. The van der Waals surface area contributed by atoms with Crippen molar-refractivity contribution in [3.05, 3.63) is 33.4 Å². The maximum absolute atomic E-state index is 12.2. The molecule has 116 valence electrons. The lowest BCUT2D eigenvalue weighted by Gasteiger charge is -2.24. The number of nitro groups is 1. The van der Waals surface area contributed by atoms with Crippen LogP contribution in [0, 0.1) is 22.5 Å². The summed E-state index contributed by atoms with van der Waals surface area (Å²) < 4.78 is 0. The molecule has 1 amide bonds. The average Bonchev–Trinajstić information content (AvgIpc) is 2.38. The number of nitro benzene ring substituents is 1. The predicted molar refractivity (Wildman–Crippen MR) is 80.1 cm³/mol. The zero-order valence-corrected chi connectivity index (χ0v) is 12.5. The summed E-state index contributed by atoms with van der Waals surface area (Å²) in [6.07, 6.45) is 0.538. The number of aryl methyl sites for hydroxylation is 1. The normalized spacial score (nSPS) is 11.2. The Morgan fingerprint density at radius 1 is 1.48 bits per heavy atom. The van der Waals surface area contributed by atoms with E-state index in [9.17, 15) is 14.9 Å². The minimum absolute atomic E-state index is 0.0287. The Morgan fingerprint density at radius 3 is 2.62 bits per heavy atom. The van der Waals surface area contributed by atoms with Crippen molar-refractivity contribution in [3.8, 4) is 0 Å². The molecule has 0 heterocycles. The molecule has 0 aliphatic heterocycles. The molecule has 7 nitrogen and oxygen atoms in total. The molecular formula is C14H21N3O4. The van der Waals surface area contributed by atoms with E-state index < -0.39 is 10.8 Å². The summed E-state index contributed by atoms with van der Waals surface area (Å²) in [4.78, 5) is 22.5. The fourth-order valence-corrected chi connectivity index (χ4v) is 1.92. The molecule has 1 aromatic carbocycles. The van der Waals surface area contributed by atoms with Crippen molar-refractivity contribution in [1.82, 2.24) is 5.32 Å². The second kappa shape index (κ2) is 6.53. The van der Waals surface area contributed by atoms with E-state index >= 15 is 0 Å². The summed E-state index contributed by atoms with van der Waals surface area (Å²) in [6, 6.07) is 2.86. The van der Waals surface area contributed by atoms with Crippen LogP contribution in [-0.4, -0.2) is 29.1 Å².